The van der Waals surface area contributed by atoms with Crippen molar-refractivity contribution in [3.8, 4) is 0 Å². The summed E-state index contributed by atoms with van der Waals surface area (Å²) in [5.74, 6) is -0.318. The SMILES string of the molecule is CCOC(=O)C(CO)N1CCCNCC1. The van der Waals surface area contributed by atoms with Crippen LogP contribution in [0.3, 0.4) is 0 Å². The number of esters is 1. The van der Waals surface area contributed by atoms with Crippen LogP contribution in [0.4, 0.5) is 0 Å². The number of hydrogen-bond acceptors (Lipinski definition) is 5. The van der Waals surface area contributed by atoms with Crippen molar-refractivity contribution < 1.29 is 14.6 Å². The lowest BCUT2D eigenvalue weighted by Crippen LogP contribution is -2.46. The normalized spacial score (nSPS) is 20.7. The molecule has 88 valence electrons. The molecule has 1 aliphatic heterocycles. The van der Waals surface area contributed by atoms with Crippen molar-refractivity contribution in [2.45, 2.75) is 19.4 Å². The molecule has 0 aromatic rings. The Hall–Kier alpha value is -0.650. The van der Waals surface area contributed by atoms with E-state index in [1.165, 1.54) is 0 Å². The number of nitrogens with zero attached hydrogens (tertiary/aromatic N) is 1. The fourth-order valence-corrected chi connectivity index (χ4v) is 1.76. The molecular weight excluding hydrogens is 196 g/mol. The van der Waals surface area contributed by atoms with Gasteiger partial charge in [0, 0.05) is 19.6 Å². The van der Waals surface area contributed by atoms with Gasteiger partial charge in [0.05, 0.1) is 13.2 Å². The number of carbonyl (C=O) groups excluding carboxylic acids is 1. The third-order valence-corrected chi connectivity index (χ3v) is 2.55. The first-order valence-corrected chi connectivity index (χ1v) is 5.51. The van der Waals surface area contributed by atoms with Crippen molar-refractivity contribution in [2.75, 3.05) is 39.4 Å². The maximum atomic E-state index is 11.5. The quantitative estimate of drug-likeness (QED) is 0.603. The molecule has 0 bridgehead atoms. The van der Waals surface area contributed by atoms with Crippen molar-refractivity contribution in [2.24, 2.45) is 0 Å². The van der Waals surface area contributed by atoms with Gasteiger partial charge in [0.2, 0.25) is 0 Å². The minimum Gasteiger partial charge on any atom is -0.465 e. The lowest BCUT2D eigenvalue weighted by Gasteiger charge is -2.26. The van der Waals surface area contributed by atoms with Crippen molar-refractivity contribution in [1.29, 1.82) is 0 Å². The highest BCUT2D eigenvalue weighted by molar-refractivity contribution is 5.75. The van der Waals surface area contributed by atoms with Gasteiger partial charge in [0.1, 0.15) is 6.04 Å². The van der Waals surface area contributed by atoms with Gasteiger partial charge in [-0.25, -0.2) is 0 Å². The molecule has 1 atom stereocenters. The van der Waals surface area contributed by atoms with Crippen LogP contribution in [0.1, 0.15) is 13.3 Å². The molecule has 5 heteroatoms. The van der Waals surface area contributed by atoms with E-state index in [2.05, 4.69) is 5.32 Å². The van der Waals surface area contributed by atoms with E-state index in [9.17, 15) is 9.90 Å². The van der Waals surface area contributed by atoms with Gasteiger partial charge in [-0.15, -0.1) is 0 Å². The summed E-state index contributed by atoms with van der Waals surface area (Å²) < 4.78 is 4.93. The molecule has 5 nitrogen and oxygen atoms in total. The monoisotopic (exact) mass is 216 g/mol. The highest BCUT2D eigenvalue weighted by Gasteiger charge is 2.26. The number of hydrogen-bond donors (Lipinski definition) is 2. The molecule has 0 saturated carbocycles. The molecule has 0 radical (unpaired) electrons. The van der Waals surface area contributed by atoms with Gasteiger partial charge in [-0.1, -0.05) is 0 Å². The minimum absolute atomic E-state index is 0.168. The Bertz CT molecular complexity index is 191. The van der Waals surface area contributed by atoms with E-state index in [4.69, 9.17) is 4.74 Å². The minimum atomic E-state index is -0.496. The predicted molar refractivity (Wildman–Crippen MR) is 56.6 cm³/mol. The zero-order valence-corrected chi connectivity index (χ0v) is 9.24. The van der Waals surface area contributed by atoms with Crippen molar-refractivity contribution in [1.82, 2.24) is 10.2 Å². The summed E-state index contributed by atoms with van der Waals surface area (Å²) in [4.78, 5) is 13.5. The summed E-state index contributed by atoms with van der Waals surface area (Å²) in [6.45, 7) is 5.41. The van der Waals surface area contributed by atoms with Crippen LogP contribution in [0.25, 0.3) is 0 Å². The Morgan fingerprint density at radius 2 is 2.33 bits per heavy atom. The summed E-state index contributed by atoms with van der Waals surface area (Å²) >= 11 is 0. The van der Waals surface area contributed by atoms with Crippen LogP contribution < -0.4 is 5.32 Å². The molecule has 1 unspecified atom stereocenters. The second-order valence-corrected chi connectivity index (χ2v) is 3.59. The maximum Gasteiger partial charge on any atom is 0.325 e. The molecule has 1 rings (SSSR count). The molecule has 0 amide bonds. The van der Waals surface area contributed by atoms with Gasteiger partial charge in [-0.2, -0.15) is 0 Å². The van der Waals surface area contributed by atoms with E-state index >= 15 is 0 Å². The first-order chi connectivity index (χ1) is 7.29. The zero-order chi connectivity index (χ0) is 11.1. The smallest absolute Gasteiger partial charge is 0.325 e. The predicted octanol–water partition coefficient (Wildman–Crippen LogP) is -0.794. The molecular formula is C10H20N2O3. The van der Waals surface area contributed by atoms with Gasteiger partial charge >= 0.3 is 5.97 Å². The summed E-state index contributed by atoms with van der Waals surface area (Å²) in [5, 5.41) is 12.5. The molecule has 2 N–H and O–H groups in total. The van der Waals surface area contributed by atoms with E-state index in [1.54, 1.807) is 6.92 Å². The number of aliphatic hydroxyl groups is 1. The van der Waals surface area contributed by atoms with Crippen LogP contribution in [0.15, 0.2) is 0 Å². The molecule has 0 aromatic heterocycles. The molecule has 0 aliphatic carbocycles. The standard InChI is InChI=1S/C10H20N2O3/c1-2-15-10(14)9(8-13)12-6-3-4-11-5-7-12/h9,11,13H,2-8H2,1H3. The Labute approximate surface area is 90.4 Å². The number of ether oxygens (including phenoxy) is 1. The molecule has 1 fully saturated rings. The van der Waals surface area contributed by atoms with Crippen LogP contribution in [0.5, 0.6) is 0 Å². The fraction of sp³-hybridized carbons (Fsp3) is 0.900. The number of aliphatic hydroxyl groups excluding tert-OH is 1. The van der Waals surface area contributed by atoms with Crippen LogP contribution in [-0.2, 0) is 9.53 Å². The summed E-state index contributed by atoms with van der Waals surface area (Å²) in [6, 6.07) is -0.496. The van der Waals surface area contributed by atoms with E-state index < -0.39 is 6.04 Å². The number of nitrogens with one attached hydrogen (secondary N) is 1. The lowest BCUT2D eigenvalue weighted by molar-refractivity contribution is -0.151. The van der Waals surface area contributed by atoms with Crippen LogP contribution >= 0.6 is 0 Å². The lowest BCUT2D eigenvalue weighted by atomic mass is 10.2. The number of rotatable bonds is 4. The molecule has 1 aliphatic rings. The van der Waals surface area contributed by atoms with Gasteiger partial charge in [0.25, 0.3) is 0 Å². The largest absolute Gasteiger partial charge is 0.465 e. The van der Waals surface area contributed by atoms with Crippen molar-refractivity contribution in [3.63, 3.8) is 0 Å². The summed E-state index contributed by atoms with van der Waals surface area (Å²) in [7, 11) is 0. The second kappa shape index (κ2) is 6.76. The first-order valence-electron chi connectivity index (χ1n) is 5.51. The molecule has 1 saturated heterocycles. The Morgan fingerprint density at radius 1 is 1.53 bits per heavy atom. The number of carbonyl (C=O) groups is 1. The Balaban J connectivity index is 2.51. The second-order valence-electron chi connectivity index (χ2n) is 3.59. The third-order valence-electron chi connectivity index (χ3n) is 2.55. The van der Waals surface area contributed by atoms with Gasteiger partial charge in [-0.05, 0) is 19.9 Å². The van der Waals surface area contributed by atoms with Crippen LogP contribution in [0, 0.1) is 0 Å². The molecule has 0 aromatic carbocycles. The summed E-state index contributed by atoms with van der Waals surface area (Å²) in [6.07, 6.45) is 0.996. The van der Waals surface area contributed by atoms with Crippen molar-refractivity contribution in [3.05, 3.63) is 0 Å². The van der Waals surface area contributed by atoms with Gasteiger partial charge in [-0.3, -0.25) is 9.69 Å². The average Bonchev–Trinajstić information content (AvgIpc) is 2.48. The van der Waals surface area contributed by atoms with Crippen LogP contribution in [0.2, 0.25) is 0 Å². The Morgan fingerprint density at radius 3 is 3.00 bits per heavy atom. The van der Waals surface area contributed by atoms with Crippen molar-refractivity contribution >= 4 is 5.97 Å². The highest BCUT2D eigenvalue weighted by Crippen LogP contribution is 2.04. The Kier molecular flexibility index (Phi) is 5.60. The van der Waals surface area contributed by atoms with E-state index in [0.717, 1.165) is 32.6 Å². The topological polar surface area (TPSA) is 61.8 Å². The highest BCUT2D eigenvalue weighted by atomic mass is 16.5. The van der Waals surface area contributed by atoms with E-state index in [-0.39, 0.29) is 12.6 Å². The van der Waals surface area contributed by atoms with Gasteiger partial charge in [0.15, 0.2) is 0 Å². The van der Waals surface area contributed by atoms with Gasteiger partial charge < -0.3 is 15.2 Å². The summed E-state index contributed by atoms with van der Waals surface area (Å²) in [5.41, 5.74) is 0. The van der Waals surface area contributed by atoms with E-state index in [1.807, 2.05) is 4.90 Å². The first kappa shape index (κ1) is 12.4. The average molecular weight is 216 g/mol. The molecule has 1 heterocycles. The zero-order valence-electron chi connectivity index (χ0n) is 9.24. The maximum absolute atomic E-state index is 11.5. The molecule has 15 heavy (non-hydrogen) atoms. The van der Waals surface area contributed by atoms with E-state index in [0.29, 0.717) is 6.61 Å². The van der Waals surface area contributed by atoms with Crippen LogP contribution in [-0.4, -0.2) is 61.4 Å². The fourth-order valence-electron chi connectivity index (χ4n) is 1.76. The third kappa shape index (κ3) is 3.77. The molecule has 0 spiro atoms.